The molecule has 1 aliphatic rings. The summed E-state index contributed by atoms with van der Waals surface area (Å²) in [7, 11) is 0. The van der Waals surface area contributed by atoms with Crippen LogP contribution < -0.4 is 11.1 Å². The molecule has 74 valence electrons. The average molecular weight is 249 g/mol. The summed E-state index contributed by atoms with van der Waals surface area (Å²) in [5.41, 5.74) is 5.02. The molecule has 1 aliphatic carbocycles. The first-order chi connectivity index (χ1) is 5.96. The van der Waals surface area contributed by atoms with E-state index in [-0.39, 0.29) is 5.91 Å². The maximum Gasteiger partial charge on any atom is 0.239 e. The highest BCUT2D eigenvalue weighted by Gasteiger charge is 2.42. The topological polar surface area (TPSA) is 72.2 Å². The quantitative estimate of drug-likeness (QED) is 0.706. The van der Waals surface area contributed by atoms with Crippen LogP contribution >= 0.6 is 15.9 Å². The van der Waals surface area contributed by atoms with Crippen molar-refractivity contribution in [3.05, 3.63) is 0 Å². The molecular weight excluding hydrogens is 236 g/mol. The van der Waals surface area contributed by atoms with E-state index in [4.69, 9.17) is 5.73 Å². The van der Waals surface area contributed by atoms with Crippen molar-refractivity contribution in [1.82, 2.24) is 5.32 Å². The maximum atomic E-state index is 11.5. The lowest BCUT2D eigenvalue weighted by Crippen LogP contribution is -2.52. The fourth-order valence-corrected chi connectivity index (χ4v) is 1.79. The number of alkyl halides is 1. The Morgan fingerprint density at radius 3 is 2.38 bits per heavy atom. The third kappa shape index (κ3) is 2.21. The Balaban J connectivity index is 2.45. The van der Waals surface area contributed by atoms with Crippen LogP contribution in [0.15, 0.2) is 0 Å². The second kappa shape index (κ2) is 3.65. The molecule has 0 aromatic heterocycles. The summed E-state index contributed by atoms with van der Waals surface area (Å²) in [6, 6.07) is -0.595. The monoisotopic (exact) mass is 248 g/mol. The molecule has 0 heterocycles. The zero-order chi connectivity index (χ0) is 10.1. The molecule has 0 aromatic rings. The SMILES string of the molecule is C[C@H](NC(=O)C1(Br)CCC1)C(N)=O. The minimum atomic E-state index is -0.595. The summed E-state index contributed by atoms with van der Waals surface area (Å²) in [6.45, 7) is 1.58. The number of carbonyl (C=O) groups is 2. The molecule has 0 radical (unpaired) electrons. The normalized spacial score (nSPS) is 21.4. The van der Waals surface area contributed by atoms with Crippen molar-refractivity contribution in [2.75, 3.05) is 0 Å². The Labute approximate surface area is 85.4 Å². The summed E-state index contributed by atoms with van der Waals surface area (Å²) in [6.07, 6.45) is 2.69. The van der Waals surface area contributed by atoms with Crippen molar-refractivity contribution in [2.24, 2.45) is 5.73 Å². The van der Waals surface area contributed by atoms with Gasteiger partial charge in [0, 0.05) is 0 Å². The Bertz CT molecular complexity index is 238. The lowest BCUT2D eigenvalue weighted by Gasteiger charge is -2.35. The number of carbonyl (C=O) groups excluding carboxylic acids is 2. The van der Waals surface area contributed by atoms with Crippen LogP contribution in [0.5, 0.6) is 0 Å². The molecule has 2 amide bonds. The number of amides is 2. The number of primary amides is 1. The van der Waals surface area contributed by atoms with E-state index in [1.54, 1.807) is 6.92 Å². The molecule has 0 unspecified atom stereocenters. The van der Waals surface area contributed by atoms with Gasteiger partial charge in [-0.15, -0.1) is 0 Å². The first kappa shape index (κ1) is 10.5. The predicted molar refractivity (Wildman–Crippen MR) is 52.3 cm³/mol. The molecule has 0 spiro atoms. The summed E-state index contributed by atoms with van der Waals surface area (Å²) < 4.78 is -0.448. The molecule has 0 aromatic carbocycles. The van der Waals surface area contributed by atoms with Gasteiger partial charge >= 0.3 is 0 Å². The summed E-state index contributed by atoms with van der Waals surface area (Å²) in [5, 5.41) is 2.56. The smallest absolute Gasteiger partial charge is 0.239 e. The van der Waals surface area contributed by atoms with E-state index in [0.29, 0.717) is 0 Å². The molecule has 3 N–H and O–H groups in total. The first-order valence-electron chi connectivity index (χ1n) is 4.25. The predicted octanol–water partition coefficient (Wildman–Crippen LogP) is 0.294. The second-order valence-electron chi connectivity index (χ2n) is 3.42. The second-order valence-corrected chi connectivity index (χ2v) is 4.93. The van der Waals surface area contributed by atoms with E-state index >= 15 is 0 Å². The van der Waals surface area contributed by atoms with Gasteiger partial charge in [-0.2, -0.15) is 0 Å². The Morgan fingerprint density at radius 2 is 2.08 bits per heavy atom. The number of nitrogens with one attached hydrogen (secondary N) is 1. The Morgan fingerprint density at radius 1 is 1.54 bits per heavy atom. The number of hydrogen-bond acceptors (Lipinski definition) is 2. The van der Waals surface area contributed by atoms with Crippen LogP contribution in [0, 0.1) is 0 Å². The Hall–Kier alpha value is -0.580. The van der Waals surface area contributed by atoms with Crippen molar-refractivity contribution in [2.45, 2.75) is 36.6 Å². The zero-order valence-corrected chi connectivity index (χ0v) is 9.06. The van der Waals surface area contributed by atoms with Crippen molar-refractivity contribution in [1.29, 1.82) is 0 Å². The van der Waals surface area contributed by atoms with Gasteiger partial charge in [-0.25, -0.2) is 0 Å². The van der Waals surface area contributed by atoms with Crippen LogP contribution in [-0.4, -0.2) is 22.2 Å². The van der Waals surface area contributed by atoms with Gasteiger partial charge in [0.25, 0.3) is 0 Å². The molecule has 1 atom stereocenters. The maximum absolute atomic E-state index is 11.5. The largest absolute Gasteiger partial charge is 0.368 e. The van der Waals surface area contributed by atoms with Crippen LogP contribution in [0.4, 0.5) is 0 Å². The Kier molecular flexibility index (Phi) is 2.95. The molecule has 0 saturated heterocycles. The standard InChI is InChI=1S/C8H13BrN2O2/c1-5(6(10)12)11-7(13)8(9)3-2-4-8/h5H,2-4H2,1H3,(H2,10,12)(H,11,13)/t5-/m0/s1. The number of rotatable bonds is 3. The van der Waals surface area contributed by atoms with Gasteiger partial charge in [0.05, 0.1) is 0 Å². The lowest BCUT2D eigenvalue weighted by atomic mass is 9.84. The van der Waals surface area contributed by atoms with Gasteiger partial charge in [-0.1, -0.05) is 15.9 Å². The highest BCUT2D eigenvalue weighted by atomic mass is 79.9. The van der Waals surface area contributed by atoms with Crippen molar-refractivity contribution in [3.63, 3.8) is 0 Å². The molecule has 5 heteroatoms. The fraction of sp³-hybridized carbons (Fsp3) is 0.750. The highest BCUT2D eigenvalue weighted by Crippen LogP contribution is 2.40. The third-order valence-corrected chi connectivity index (χ3v) is 3.48. The van der Waals surface area contributed by atoms with E-state index in [1.807, 2.05) is 0 Å². The zero-order valence-electron chi connectivity index (χ0n) is 7.47. The van der Waals surface area contributed by atoms with Crippen LogP contribution in [-0.2, 0) is 9.59 Å². The van der Waals surface area contributed by atoms with Crippen LogP contribution in [0.2, 0.25) is 0 Å². The summed E-state index contributed by atoms with van der Waals surface area (Å²) >= 11 is 3.35. The summed E-state index contributed by atoms with van der Waals surface area (Å²) in [4.78, 5) is 22.2. The molecular formula is C8H13BrN2O2. The summed E-state index contributed by atoms with van der Waals surface area (Å²) in [5.74, 6) is -0.645. The minimum absolute atomic E-state index is 0.134. The van der Waals surface area contributed by atoms with E-state index in [9.17, 15) is 9.59 Å². The van der Waals surface area contributed by atoms with Gasteiger partial charge in [-0.3, -0.25) is 9.59 Å². The van der Waals surface area contributed by atoms with E-state index in [0.717, 1.165) is 19.3 Å². The van der Waals surface area contributed by atoms with E-state index < -0.39 is 16.3 Å². The number of hydrogen-bond donors (Lipinski definition) is 2. The van der Waals surface area contributed by atoms with E-state index in [2.05, 4.69) is 21.2 Å². The van der Waals surface area contributed by atoms with E-state index in [1.165, 1.54) is 0 Å². The van der Waals surface area contributed by atoms with Gasteiger partial charge in [0.1, 0.15) is 10.4 Å². The van der Waals surface area contributed by atoms with Gasteiger partial charge < -0.3 is 11.1 Å². The van der Waals surface area contributed by atoms with Crippen molar-refractivity contribution < 1.29 is 9.59 Å². The molecule has 1 rings (SSSR count). The molecule has 0 bridgehead atoms. The number of nitrogens with two attached hydrogens (primary N) is 1. The molecule has 0 aliphatic heterocycles. The van der Waals surface area contributed by atoms with Crippen molar-refractivity contribution in [3.8, 4) is 0 Å². The van der Waals surface area contributed by atoms with Gasteiger partial charge in [-0.05, 0) is 26.2 Å². The van der Waals surface area contributed by atoms with Crippen LogP contribution in [0.3, 0.4) is 0 Å². The van der Waals surface area contributed by atoms with Gasteiger partial charge in [0.2, 0.25) is 11.8 Å². The van der Waals surface area contributed by atoms with Gasteiger partial charge in [0.15, 0.2) is 0 Å². The first-order valence-corrected chi connectivity index (χ1v) is 5.04. The highest BCUT2D eigenvalue weighted by molar-refractivity contribution is 9.10. The average Bonchev–Trinajstić information content (AvgIpc) is 1.99. The third-order valence-electron chi connectivity index (χ3n) is 2.33. The molecule has 13 heavy (non-hydrogen) atoms. The molecule has 1 saturated carbocycles. The fourth-order valence-electron chi connectivity index (χ4n) is 1.11. The number of halogens is 1. The van der Waals surface area contributed by atoms with Crippen molar-refractivity contribution >= 4 is 27.7 Å². The van der Waals surface area contributed by atoms with Crippen LogP contribution in [0.1, 0.15) is 26.2 Å². The lowest BCUT2D eigenvalue weighted by molar-refractivity contribution is -0.129. The minimum Gasteiger partial charge on any atom is -0.368 e. The molecule has 4 nitrogen and oxygen atoms in total. The molecule has 1 fully saturated rings. The van der Waals surface area contributed by atoms with Crippen LogP contribution in [0.25, 0.3) is 0 Å².